The molecule has 0 spiro atoms. The average molecular weight is 334 g/mol. The number of benzene rings is 1. The molecule has 0 atom stereocenters. The summed E-state index contributed by atoms with van der Waals surface area (Å²) in [4.78, 5) is 12.0. The van der Waals surface area contributed by atoms with Crippen molar-refractivity contribution in [3.05, 3.63) is 36.2 Å². The average Bonchev–Trinajstić information content (AvgIpc) is 3.17. The van der Waals surface area contributed by atoms with E-state index < -0.39 is 5.91 Å². The molecule has 3 rings (SSSR count). The molecule has 0 aliphatic rings. The summed E-state index contributed by atoms with van der Waals surface area (Å²) in [5.74, 6) is -0.684. The molecule has 0 saturated heterocycles. The van der Waals surface area contributed by atoms with E-state index in [4.69, 9.17) is 4.42 Å². The fourth-order valence-corrected chi connectivity index (χ4v) is 2.67. The number of thioether (sulfide) groups is 1. The number of anilines is 3. The Morgan fingerprint density at radius 3 is 2.73 bits per heavy atom. The summed E-state index contributed by atoms with van der Waals surface area (Å²) in [6, 6.07) is 9.45. The standard InChI is InChI=1S/C12H10N6O2S2/c1-21-12-18-17-11(22-12)14-8(19)9-15-16-10(20-9)13-7-5-3-2-4-6-7/h2-6H,1H3,(H,13,16)(H,14,17,19). The molecule has 1 amide bonds. The summed E-state index contributed by atoms with van der Waals surface area (Å²) in [6.45, 7) is 0. The van der Waals surface area contributed by atoms with E-state index in [1.807, 2.05) is 36.6 Å². The van der Waals surface area contributed by atoms with E-state index in [1.54, 1.807) is 0 Å². The van der Waals surface area contributed by atoms with E-state index in [0.717, 1.165) is 10.0 Å². The Morgan fingerprint density at radius 1 is 1.18 bits per heavy atom. The van der Waals surface area contributed by atoms with E-state index in [9.17, 15) is 4.79 Å². The number of nitrogens with one attached hydrogen (secondary N) is 2. The smallest absolute Gasteiger partial charge is 0.320 e. The minimum atomic E-state index is -0.530. The molecular weight excluding hydrogens is 324 g/mol. The predicted molar refractivity (Wildman–Crippen MR) is 83.7 cm³/mol. The first kappa shape index (κ1) is 14.5. The SMILES string of the molecule is CSc1nnc(NC(=O)c2nnc(Nc3ccccc3)o2)s1. The van der Waals surface area contributed by atoms with Crippen LogP contribution in [-0.2, 0) is 0 Å². The van der Waals surface area contributed by atoms with Gasteiger partial charge in [0.25, 0.3) is 0 Å². The molecule has 0 unspecified atom stereocenters. The number of hydrogen-bond acceptors (Lipinski definition) is 9. The second-order valence-electron chi connectivity index (χ2n) is 3.93. The third-order valence-corrected chi connectivity index (χ3v) is 4.26. The zero-order valence-electron chi connectivity index (χ0n) is 11.3. The summed E-state index contributed by atoms with van der Waals surface area (Å²) in [7, 11) is 0. The summed E-state index contributed by atoms with van der Waals surface area (Å²) >= 11 is 2.72. The third kappa shape index (κ3) is 3.40. The van der Waals surface area contributed by atoms with Crippen molar-refractivity contribution < 1.29 is 9.21 Å². The van der Waals surface area contributed by atoms with Gasteiger partial charge in [-0.05, 0) is 18.4 Å². The van der Waals surface area contributed by atoms with Crippen LogP contribution >= 0.6 is 23.1 Å². The van der Waals surface area contributed by atoms with Gasteiger partial charge in [0.05, 0.1) is 0 Å². The van der Waals surface area contributed by atoms with Crippen molar-refractivity contribution in [1.82, 2.24) is 20.4 Å². The minimum Gasteiger partial charge on any atom is -0.399 e. The van der Waals surface area contributed by atoms with Crippen LogP contribution < -0.4 is 10.6 Å². The van der Waals surface area contributed by atoms with E-state index in [0.29, 0.717) is 5.13 Å². The molecule has 2 N–H and O–H groups in total. The Bertz CT molecular complexity index is 773. The lowest BCUT2D eigenvalue weighted by molar-refractivity contribution is 0.0991. The van der Waals surface area contributed by atoms with Crippen LogP contribution in [0.1, 0.15) is 10.7 Å². The lowest BCUT2D eigenvalue weighted by atomic mass is 10.3. The second-order valence-corrected chi connectivity index (χ2v) is 5.97. The van der Waals surface area contributed by atoms with Crippen molar-refractivity contribution in [3.8, 4) is 0 Å². The van der Waals surface area contributed by atoms with Crippen LogP contribution in [0.15, 0.2) is 39.1 Å². The van der Waals surface area contributed by atoms with E-state index in [-0.39, 0.29) is 11.9 Å². The summed E-state index contributed by atoms with van der Waals surface area (Å²) in [5, 5.41) is 21.0. The largest absolute Gasteiger partial charge is 0.399 e. The summed E-state index contributed by atoms with van der Waals surface area (Å²) < 4.78 is 6.02. The minimum absolute atomic E-state index is 0.137. The van der Waals surface area contributed by atoms with Gasteiger partial charge in [-0.25, -0.2) is 0 Å². The molecule has 0 aliphatic heterocycles. The van der Waals surface area contributed by atoms with Crippen molar-refractivity contribution in [3.63, 3.8) is 0 Å². The number of aromatic nitrogens is 4. The van der Waals surface area contributed by atoms with Gasteiger partial charge >= 0.3 is 17.8 Å². The zero-order chi connectivity index (χ0) is 15.4. The molecule has 0 bridgehead atoms. The highest BCUT2D eigenvalue weighted by molar-refractivity contribution is 8.00. The molecule has 8 nitrogen and oxygen atoms in total. The Hall–Kier alpha value is -2.46. The van der Waals surface area contributed by atoms with Gasteiger partial charge in [0.1, 0.15) is 0 Å². The summed E-state index contributed by atoms with van der Waals surface area (Å²) in [6.07, 6.45) is 1.88. The molecule has 22 heavy (non-hydrogen) atoms. The molecule has 0 radical (unpaired) electrons. The Kier molecular flexibility index (Phi) is 4.30. The lowest BCUT2D eigenvalue weighted by Gasteiger charge is -1.99. The highest BCUT2D eigenvalue weighted by Crippen LogP contribution is 2.23. The first-order chi connectivity index (χ1) is 10.7. The number of carbonyl (C=O) groups is 1. The Morgan fingerprint density at radius 2 is 2.00 bits per heavy atom. The number of amides is 1. The predicted octanol–water partition coefficient (Wildman–Crippen LogP) is 2.64. The van der Waals surface area contributed by atoms with Gasteiger partial charge in [-0.2, -0.15) is 0 Å². The van der Waals surface area contributed by atoms with Crippen LogP contribution in [0.2, 0.25) is 0 Å². The van der Waals surface area contributed by atoms with Gasteiger partial charge < -0.3 is 9.73 Å². The number of nitrogens with zero attached hydrogens (tertiary/aromatic N) is 4. The maximum absolute atomic E-state index is 12.0. The molecule has 2 aromatic heterocycles. The second kappa shape index (κ2) is 6.54. The van der Waals surface area contributed by atoms with Crippen molar-refractivity contribution in [1.29, 1.82) is 0 Å². The molecule has 3 aromatic rings. The van der Waals surface area contributed by atoms with Crippen molar-refractivity contribution in [2.24, 2.45) is 0 Å². The van der Waals surface area contributed by atoms with E-state index in [1.165, 1.54) is 23.1 Å². The van der Waals surface area contributed by atoms with Crippen molar-refractivity contribution in [2.45, 2.75) is 4.34 Å². The molecule has 0 saturated carbocycles. The van der Waals surface area contributed by atoms with Crippen molar-refractivity contribution >= 4 is 45.8 Å². The molecular formula is C12H10N6O2S2. The highest BCUT2D eigenvalue weighted by Gasteiger charge is 2.17. The van der Waals surface area contributed by atoms with E-state index >= 15 is 0 Å². The van der Waals surface area contributed by atoms with Gasteiger partial charge in [-0.3, -0.25) is 10.1 Å². The molecule has 10 heteroatoms. The lowest BCUT2D eigenvalue weighted by Crippen LogP contribution is -2.12. The van der Waals surface area contributed by atoms with Crippen LogP contribution in [0.4, 0.5) is 16.8 Å². The quantitative estimate of drug-likeness (QED) is 0.542. The normalized spacial score (nSPS) is 10.4. The van der Waals surface area contributed by atoms with Crippen LogP contribution in [0, 0.1) is 0 Å². The van der Waals surface area contributed by atoms with Crippen molar-refractivity contribution in [2.75, 3.05) is 16.9 Å². The Balaban J connectivity index is 1.66. The van der Waals surface area contributed by atoms with Gasteiger partial charge in [0.2, 0.25) is 5.13 Å². The van der Waals surface area contributed by atoms with Gasteiger partial charge in [-0.15, -0.1) is 15.3 Å². The summed E-state index contributed by atoms with van der Waals surface area (Å²) in [5.41, 5.74) is 0.784. The first-order valence-electron chi connectivity index (χ1n) is 6.09. The Labute approximate surface area is 133 Å². The fraction of sp³-hybridized carbons (Fsp3) is 0.0833. The van der Waals surface area contributed by atoms with Crippen LogP contribution in [0.3, 0.4) is 0 Å². The van der Waals surface area contributed by atoms with Crippen LogP contribution in [0.5, 0.6) is 0 Å². The maximum Gasteiger partial charge on any atom is 0.320 e. The number of hydrogen-bond donors (Lipinski definition) is 2. The molecule has 112 valence electrons. The zero-order valence-corrected chi connectivity index (χ0v) is 12.9. The number of carbonyl (C=O) groups excluding carboxylic acids is 1. The molecule has 0 aliphatic carbocycles. The number of rotatable bonds is 5. The maximum atomic E-state index is 12.0. The molecule has 2 heterocycles. The third-order valence-electron chi connectivity index (χ3n) is 2.45. The first-order valence-corrected chi connectivity index (χ1v) is 8.13. The fourth-order valence-electron chi connectivity index (χ4n) is 1.50. The van der Waals surface area contributed by atoms with E-state index in [2.05, 4.69) is 31.0 Å². The van der Waals surface area contributed by atoms with Gasteiger partial charge in [0, 0.05) is 5.69 Å². The number of para-hydroxylation sites is 1. The van der Waals surface area contributed by atoms with Gasteiger partial charge in [0.15, 0.2) is 4.34 Å². The molecule has 1 aromatic carbocycles. The highest BCUT2D eigenvalue weighted by atomic mass is 32.2. The van der Waals surface area contributed by atoms with Crippen LogP contribution in [-0.4, -0.2) is 32.6 Å². The topological polar surface area (TPSA) is 106 Å². The van der Waals surface area contributed by atoms with Gasteiger partial charge in [-0.1, -0.05) is 46.4 Å². The molecule has 0 fully saturated rings. The van der Waals surface area contributed by atoms with Crippen LogP contribution in [0.25, 0.3) is 0 Å². The monoisotopic (exact) mass is 334 g/mol.